The largest absolute Gasteiger partial charge is 0.459 e. The second-order valence-corrected chi connectivity index (χ2v) is 14.1. The van der Waals surface area contributed by atoms with Gasteiger partial charge in [0, 0.05) is 52.6 Å². The number of alkyl halides is 1. The number of esters is 1. The molecule has 0 spiro atoms. The van der Waals surface area contributed by atoms with E-state index in [2.05, 4.69) is 28.1 Å². The number of cyclic esters (lactones) is 1. The highest BCUT2D eigenvalue weighted by Crippen LogP contribution is 2.29. The fourth-order valence-corrected chi connectivity index (χ4v) is 6.25. The fourth-order valence-electron chi connectivity index (χ4n) is 6.07. The summed E-state index contributed by atoms with van der Waals surface area (Å²) in [6.07, 6.45) is 8.01. The summed E-state index contributed by atoms with van der Waals surface area (Å²) < 4.78 is 43.8. The van der Waals surface area contributed by atoms with Crippen LogP contribution < -0.4 is 30.7 Å². The van der Waals surface area contributed by atoms with E-state index >= 15 is 0 Å². The van der Waals surface area contributed by atoms with Crippen LogP contribution >= 0.6 is 11.6 Å². The van der Waals surface area contributed by atoms with Crippen LogP contribution in [0.4, 0.5) is 41.1 Å². The Hall–Kier alpha value is -6.16. The Labute approximate surface area is 360 Å². The number of amides is 4. The Balaban J connectivity index is 0.000000257. The van der Waals surface area contributed by atoms with Gasteiger partial charge in [-0.05, 0) is 54.8 Å². The summed E-state index contributed by atoms with van der Waals surface area (Å²) in [5.74, 6) is -1.29. The average molecular weight is 869 g/mol. The van der Waals surface area contributed by atoms with E-state index in [-0.39, 0.29) is 63.0 Å². The van der Waals surface area contributed by atoms with Crippen LogP contribution in [0.2, 0.25) is 0 Å². The number of rotatable bonds is 12. The van der Waals surface area contributed by atoms with Gasteiger partial charge in [-0.1, -0.05) is 62.1 Å². The topological polar surface area (TPSA) is 159 Å². The minimum absolute atomic E-state index is 0. The molecule has 0 aliphatic carbocycles. The molecule has 2 atom stereocenters. The van der Waals surface area contributed by atoms with Crippen molar-refractivity contribution < 1.29 is 47.0 Å². The van der Waals surface area contributed by atoms with Crippen LogP contribution in [0.1, 0.15) is 46.6 Å². The molecule has 3 aliphatic heterocycles. The normalized spacial score (nSPS) is 15.7. The first-order valence-electron chi connectivity index (χ1n) is 19.4. The number of ether oxygens (including phenoxy) is 3. The van der Waals surface area contributed by atoms with Crippen molar-refractivity contribution >= 4 is 64.3 Å². The summed E-state index contributed by atoms with van der Waals surface area (Å²) in [7, 11) is 0. The molecule has 1 fully saturated rings. The third-order valence-corrected chi connectivity index (χ3v) is 9.33. The summed E-state index contributed by atoms with van der Waals surface area (Å²) in [5.41, 5.74) is 2.81. The third-order valence-electron chi connectivity index (χ3n) is 8.98. The van der Waals surface area contributed by atoms with Gasteiger partial charge in [-0.2, -0.15) is 0 Å². The highest BCUT2D eigenvalue weighted by atomic mass is 35.5. The van der Waals surface area contributed by atoms with Gasteiger partial charge in [0.05, 0.1) is 42.6 Å². The van der Waals surface area contributed by atoms with E-state index in [1.165, 1.54) is 37.8 Å². The summed E-state index contributed by atoms with van der Waals surface area (Å²) >= 11 is 5.47. The molecule has 3 aliphatic rings. The van der Waals surface area contributed by atoms with E-state index in [1.807, 2.05) is 52.3 Å². The molecule has 61 heavy (non-hydrogen) atoms. The van der Waals surface area contributed by atoms with Crippen LogP contribution in [0.25, 0.3) is 0 Å². The van der Waals surface area contributed by atoms with Crippen molar-refractivity contribution in [3.63, 3.8) is 0 Å². The summed E-state index contributed by atoms with van der Waals surface area (Å²) in [6.45, 7) is 8.00. The minimum atomic E-state index is -0.605. The fraction of sp³-hybridized carbons (Fsp3) is 0.386. The molecule has 1 saturated heterocycles. The lowest BCUT2D eigenvalue weighted by molar-refractivity contribution is -0.145. The van der Waals surface area contributed by atoms with Crippen molar-refractivity contribution in [2.24, 2.45) is 0 Å². The molecule has 330 valence electrons. The number of hydrogen-bond donors (Lipinski definition) is 3. The molecule has 17 heteroatoms. The number of benzene rings is 3. The van der Waals surface area contributed by atoms with Crippen LogP contribution in [-0.2, 0) is 35.2 Å². The predicted molar refractivity (Wildman–Crippen MR) is 233 cm³/mol. The SMILES string of the molecule is C.CC(=O)NC[C@@H](CCl)OC(C)=O.CC(=O)NC[C@H]1CN(c2ccc(N3CC=CCC3)c(F)c2)C(=O)O1.O=C(Nc1ccc(N2CC=CCC2)c(F)c1)OCc1ccccc1. The molecule has 0 unspecified atom stereocenters. The van der Waals surface area contributed by atoms with Gasteiger partial charge in [0.1, 0.15) is 30.4 Å². The van der Waals surface area contributed by atoms with E-state index in [0.717, 1.165) is 31.5 Å². The Morgan fingerprint density at radius 2 is 1.44 bits per heavy atom. The first kappa shape index (κ1) is 49.2. The van der Waals surface area contributed by atoms with Gasteiger partial charge < -0.3 is 34.6 Å². The van der Waals surface area contributed by atoms with Gasteiger partial charge in [0.15, 0.2) is 0 Å². The molecule has 3 heterocycles. The molecule has 0 radical (unpaired) electrons. The Bertz CT molecular complexity index is 1990. The minimum Gasteiger partial charge on any atom is -0.459 e. The Kier molecular flexibility index (Phi) is 20.5. The van der Waals surface area contributed by atoms with Crippen molar-refractivity contribution in [2.75, 3.05) is 71.7 Å². The van der Waals surface area contributed by atoms with Crippen LogP contribution in [0.3, 0.4) is 0 Å². The molecule has 3 N–H and O–H groups in total. The first-order chi connectivity index (χ1) is 28.8. The van der Waals surface area contributed by atoms with E-state index in [9.17, 15) is 32.8 Å². The molecule has 0 bridgehead atoms. The standard InChI is InChI=1S/C19H19FN2O2.C17H20FN3O3.C7H12ClNO3.CH4/c20-17-13-16(9-10-18(17)22-11-5-2-6-12-22)21-19(23)24-14-15-7-3-1-4-8-15;1-12(22)19-10-14-11-21(17(23)24-14)13-5-6-16(15(18)9-13)20-7-3-2-4-8-20;1-5(10)9-4-7(3-8)12-6(2)11;/h1-5,7-10,13H,6,11-12,14H2,(H,21,23);2-3,5-6,9,14H,4,7-8,10-11H2,1H3,(H,19,22);7H,3-4H2,1-2H3,(H,9,10);1H4/t;14-;7-;/m.01./s1. The number of nitrogens with zero attached hydrogens (tertiary/aromatic N) is 3. The van der Waals surface area contributed by atoms with Crippen molar-refractivity contribution in [1.29, 1.82) is 0 Å². The highest BCUT2D eigenvalue weighted by Gasteiger charge is 2.33. The van der Waals surface area contributed by atoms with E-state index in [4.69, 9.17) is 25.8 Å². The maximum Gasteiger partial charge on any atom is 0.414 e. The Morgan fingerprint density at radius 3 is 1.97 bits per heavy atom. The van der Waals surface area contributed by atoms with Crippen molar-refractivity contribution in [3.8, 4) is 0 Å². The monoisotopic (exact) mass is 868 g/mol. The lowest BCUT2D eigenvalue weighted by atomic mass is 10.2. The smallest absolute Gasteiger partial charge is 0.414 e. The maximum atomic E-state index is 14.5. The Morgan fingerprint density at radius 1 is 0.836 bits per heavy atom. The second kappa shape index (κ2) is 25.5. The molecule has 4 amide bonds. The molecule has 6 rings (SSSR count). The van der Waals surface area contributed by atoms with Crippen LogP contribution in [0.5, 0.6) is 0 Å². The van der Waals surface area contributed by atoms with Gasteiger partial charge in [-0.3, -0.25) is 24.6 Å². The van der Waals surface area contributed by atoms with Gasteiger partial charge in [-0.25, -0.2) is 18.4 Å². The van der Waals surface area contributed by atoms with Crippen molar-refractivity contribution in [2.45, 2.75) is 59.9 Å². The van der Waals surface area contributed by atoms with E-state index < -0.39 is 30.4 Å². The molecule has 3 aromatic carbocycles. The lowest BCUT2D eigenvalue weighted by Gasteiger charge is -2.26. The van der Waals surface area contributed by atoms with Crippen LogP contribution in [0, 0.1) is 11.6 Å². The van der Waals surface area contributed by atoms with Gasteiger partial charge in [0.2, 0.25) is 11.8 Å². The molecule has 0 saturated carbocycles. The quantitative estimate of drug-likeness (QED) is 0.0729. The summed E-state index contributed by atoms with van der Waals surface area (Å²) in [5, 5.41) is 7.66. The maximum absolute atomic E-state index is 14.5. The molecular formula is C44H55ClF2N6O8. The molecule has 3 aromatic rings. The van der Waals surface area contributed by atoms with Crippen molar-refractivity contribution in [1.82, 2.24) is 10.6 Å². The number of carbonyl (C=O) groups excluding carboxylic acids is 5. The predicted octanol–water partition coefficient (Wildman–Crippen LogP) is 7.32. The zero-order valence-electron chi connectivity index (χ0n) is 33.8. The molecule has 14 nitrogen and oxygen atoms in total. The summed E-state index contributed by atoms with van der Waals surface area (Å²) in [6, 6.07) is 18.8. The number of halogens is 3. The molecular weight excluding hydrogens is 814 g/mol. The van der Waals surface area contributed by atoms with Crippen LogP contribution in [-0.4, -0.2) is 93.9 Å². The number of anilines is 4. The highest BCUT2D eigenvalue weighted by molar-refractivity contribution is 6.18. The van der Waals surface area contributed by atoms with E-state index in [0.29, 0.717) is 35.8 Å². The van der Waals surface area contributed by atoms with Crippen LogP contribution in [0.15, 0.2) is 91.0 Å². The third kappa shape index (κ3) is 16.8. The van der Waals surface area contributed by atoms with Gasteiger partial charge in [0.25, 0.3) is 0 Å². The van der Waals surface area contributed by atoms with E-state index in [1.54, 1.807) is 24.3 Å². The summed E-state index contributed by atoms with van der Waals surface area (Å²) in [4.78, 5) is 61.0. The van der Waals surface area contributed by atoms with Gasteiger partial charge >= 0.3 is 18.2 Å². The average Bonchev–Trinajstić information content (AvgIpc) is 3.62. The number of hydrogen-bond acceptors (Lipinski definition) is 10. The molecule has 0 aromatic heterocycles. The lowest BCUT2D eigenvalue weighted by Crippen LogP contribution is -2.34. The van der Waals surface area contributed by atoms with Gasteiger partial charge in [-0.15, -0.1) is 11.6 Å². The zero-order valence-corrected chi connectivity index (χ0v) is 34.6. The number of nitrogens with one attached hydrogen (secondary N) is 3. The first-order valence-corrected chi connectivity index (χ1v) is 19.9. The zero-order chi connectivity index (χ0) is 43.4. The van der Waals surface area contributed by atoms with Crippen molar-refractivity contribution in [3.05, 3.63) is 108 Å². The second-order valence-electron chi connectivity index (χ2n) is 13.8. The number of carbonyl (C=O) groups is 5.